The number of carbonyl (C=O) groups is 1. The molecule has 3 heterocycles. The number of hydrogen-bond acceptors (Lipinski definition) is 5. The predicted octanol–water partition coefficient (Wildman–Crippen LogP) is 1.72. The van der Waals surface area contributed by atoms with Crippen LogP contribution in [-0.4, -0.2) is 45.5 Å². The molecule has 2 aliphatic rings. The lowest BCUT2D eigenvalue weighted by Gasteiger charge is -2.32. The first-order chi connectivity index (χ1) is 13.6. The smallest absolute Gasteiger partial charge is 0.272 e. The van der Waals surface area contributed by atoms with E-state index in [0.717, 1.165) is 19.4 Å². The number of nitrogens with zero attached hydrogens (tertiary/aromatic N) is 3. The van der Waals surface area contributed by atoms with Crippen LogP contribution in [0, 0.1) is 5.92 Å². The molecule has 2 aromatic rings. The van der Waals surface area contributed by atoms with Crippen LogP contribution in [0.2, 0.25) is 0 Å². The third-order valence-corrected chi connectivity index (χ3v) is 5.58. The van der Waals surface area contributed by atoms with E-state index in [9.17, 15) is 9.00 Å². The number of likely N-dealkylation sites (tertiary alicyclic amines) is 1. The zero-order chi connectivity index (χ0) is 19.5. The molecule has 28 heavy (non-hydrogen) atoms. The van der Waals surface area contributed by atoms with Gasteiger partial charge in [0.15, 0.2) is 0 Å². The molecular formula is C19H21N5O3S. The van der Waals surface area contributed by atoms with Crippen molar-refractivity contribution in [3.8, 4) is 5.75 Å². The van der Waals surface area contributed by atoms with Gasteiger partial charge in [-0.05, 0) is 37.1 Å². The van der Waals surface area contributed by atoms with Crippen LogP contribution in [0.1, 0.15) is 28.9 Å². The first-order valence-corrected chi connectivity index (χ1v) is 10.2. The molecule has 1 aromatic carbocycles. The van der Waals surface area contributed by atoms with Gasteiger partial charge < -0.3 is 15.4 Å². The van der Waals surface area contributed by atoms with E-state index in [1.165, 1.54) is 0 Å². The summed E-state index contributed by atoms with van der Waals surface area (Å²) in [4.78, 5) is 18.6. The number of fused-ring (bicyclic) bond motifs is 1. The number of nitrogens with two attached hydrogens (primary N) is 1. The van der Waals surface area contributed by atoms with Crippen LogP contribution in [0.25, 0.3) is 0 Å². The fourth-order valence-corrected chi connectivity index (χ4v) is 4.17. The number of ether oxygens (including phenoxy) is 1. The van der Waals surface area contributed by atoms with Gasteiger partial charge in [-0.25, -0.2) is 4.21 Å². The van der Waals surface area contributed by atoms with Gasteiger partial charge in [0.05, 0.1) is 17.9 Å². The number of rotatable bonds is 4. The van der Waals surface area contributed by atoms with Crippen LogP contribution >= 0.6 is 0 Å². The Bertz CT molecular complexity index is 934. The lowest BCUT2D eigenvalue weighted by atomic mass is 9.98. The Hall–Kier alpha value is -2.94. The molecule has 9 heteroatoms. The maximum Gasteiger partial charge on any atom is 0.272 e. The highest BCUT2D eigenvalue weighted by atomic mass is 32.2. The van der Waals surface area contributed by atoms with Crippen LogP contribution < -0.4 is 15.2 Å². The lowest BCUT2D eigenvalue weighted by Crippen LogP contribution is -2.42. The Balaban J connectivity index is 1.43. The number of hydrogen-bond donors (Lipinski definition) is 2. The van der Waals surface area contributed by atoms with Gasteiger partial charge >= 0.3 is 0 Å². The maximum absolute atomic E-state index is 12.6. The minimum atomic E-state index is -1.57. The molecule has 3 N–H and O–H groups in total. The minimum absolute atomic E-state index is 0.0505. The third-order valence-electron chi connectivity index (χ3n) is 4.83. The number of aromatic nitrogens is 1. The quantitative estimate of drug-likeness (QED) is 0.813. The summed E-state index contributed by atoms with van der Waals surface area (Å²) in [6, 6.07) is 10.8. The van der Waals surface area contributed by atoms with Crippen molar-refractivity contribution in [1.29, 1.82) is 0 Å². The molecule has 1 aromatic heterocycles. The van der Waals surface area contributed by atoms with Crippen molar-refractivity contribution in [2.24, 2.45) is 16.0 Å². The number of nitrogens with one attached hydrogen (secondary N) is 1. The van der Waals surface area contributed by atoms with E-state index in [4.69, 9.17) is 10.5 Å². The highest BCUT2D eigenvalue weighted by Gasteiger charge is 2.26. The summed E-state index contributed by atoms with van der Waals surface area (Å²) in [5, 5.41) is 0. The van der Waals surface area contributed by atoms with Crippen LogP contribution in [0.3, 0.4) is 0 Å². The maximum atomic E-state index is 12.6. The summed E-state index contributed by atoms with van der Waals surface area (Å²) in [6.45, 7) is 1.80. The largest absolute Gasteiger partial charge is 0.492 e. The Kier molecular flexibility index (Phi) is 5.25. The number of pyridine rings is 1. The monoisotopic (exact) mass is 399 g/mol. The van der Waals surface area contributed by atoms with Gasteiger partial charge in [-0.15, -0.1) is 0 Å². The topological polar surface area (TPSA) is 110 Å². The molecule has 146 valence electrons. The van der Waals surface area contributed by atoms with E-state index in [1.807, 2.05) is 23.1 Å². The molecule has 1 fully saturated rings. The van der Waals surface area contributed by atoms with E-state index in [0.29, 0.717) is 35.8 Å². The van der Waals surface area contributed by atoms with Crippen molar-refractivity contribution >= 4 is 28.6 Å². The predicted molar refractivity (Wildman–Crippen MR) is 107 cm³/mol. The summed E-state index contributed by atoms with van der Waals surface area (Å²) < 4.78 is 24.3. The molecule has 0 radical (unpaired) electrons. The van der Waals surface area contributed by atoms with Crippen molar-refractivity contribution in [2.45, 2.75) is 12.8 Å². The highest BCUT2D eigenvalue weighted by Crippen LogP contribution is 2.30. The zero-order valence-electron chi connectivity index (χ0n) is 15.2. The Morgan fingerprint density at radius 2 is 2.21 bits per heavy atom. The summed E-state index contributed by atoms with van der Waals surface area (Å²) in [5.74, 6) is 0.945. The van der Waals surface area contributed by atoms with E-state index in [1.54, 1.807) is 24.4 Å². The average molecular weight is 399 g/mol. The number of amidine groups is 1. The van der Waals surface area contributed by atoms with Gasteiger partial charge in [-0.3, -0.25) is 14.5 Å². The normalized spacial score (nSPS) is 21.3. The molecule has 2 unspecified atom stereocenters. The van der Waals surface area contributed by atoms with Crippen molar-refractivity contribution in [2.75, 3.05) is 24.4 Å². The summed E-state index contributed by atoms with van der Waals surface area (Å²) in [7, 11) is 0. The van der Waals surface area contributed by atoms with E-state index in [2.05, 4.69) is 14.1 Å². The minimum Gasteiger partial charge on any atom is -0.492 e. The van der Waals surface area contributed by atoms with E-state index >= 15 is 0 Å². The van der Waals surface area contributed by atoms with E-state index < -0.39 is 11.2 Å². The zero-order valence-corrected chi connectivity index (χ0v) is 16.0. The van der Waals surface area contributed by atoms with Crippen molar-refractivity contribution in [1.82, 2.24) is 9.88 Å². The second-order valence-electron chi connectivity index (χ2n) is 6.79. The van der Waals surface area contributed by atoms with Gasteiger partial charge in [-0.1, -0.05) is 12.1 Å². The van der Waals surface area contributed by atoms with Crippen LogP contribution in [0.15, 0.2) is 47.0 Å². The molecule has 2 atom stereocenters. The second-order valence-corrected chi connectivity index (χ2v) is 7.68. The third kappa shape index (κ3) is 3.84. The van der Waals surface area contributed by atoms with Crippen LogP contribution in [0.4, 0.5) is 5.69 Å². The Morgan fingerprint density at radius 3 is 3.04 bits per heavy atom. The van der Waals surface area contributed by atoms with Crippen molar-refractivity contribution < 1.29 is 13.7 Å². The number of benzene rings is 1. The number of anilines is 1. The van der Waals surface area contributed by atoms with E-state index in [-0.39, 0.29) is 17.7 Å². The number of amides is 1. The molecule has 0 bridgehead atoms. The van der Waals surface area contributed by atoms with Gasteiger partial charge in [0, 0.05) is 25.2 Å². The lowest BCUT2D eigenvalue weighted by molar-refractivity contribution is 0.0627. The number of piperidine rings is 1. The first-order valence-electron chi connectivity index (χ1n) is 9.11. The summed E-state index contributed by atoms with van der Waals surface area (Å²) in [5.41, 5.74) is 7.67. The molecule has 8 nitrogen and oxygen atoms in total. The van der Waals surface area contributed by atoms with Gasteiger partial charge in [0.1, 0.15) is 17.3 Å². The average Bonchev–Trinajstić information content (AvgIpc) is 2.72. The fraction of sp³-hybridized carbons (Fsp3) is 0.316. The van der Waals surface area contributed by atoms with Crippen molar-refractivity contribution in [3.63, 3.8) is 0 Å². The Labute approximate surface area is 165 Å². The fourth-order valence-electron chi connectivity index (χ4n) is 3.50. The van der Waals surface area contributed by atoms with Crippen LogP contribution in [-0.2, 0) is 11.2 Å². The number of carbonyl (C=O) groups excluding carboxylic acids is 1. The molecule has 2 aliphatic heterocycles. The summed E-state index contributed by atoms with van der Waals surface area (Å²) in [6.07, 6.45) is 3.53. The Morgan fingerprint density at radius 1 is 1.32 bits per heavy atom. The van der Waals surface area contributed by atoms with Gasteiger partial charge in [0.25, 0.3) is 5.91 Å². The van der Waals surface area contributed by atoms with Crippen molar-refractivity contribution in [3.05, 3.63) is 53.9 Å². The molecule has 4 rings (SSSR count). The molecule has 1 amide bonds. The molecule has 0 aliphatic carbocycles. The van der Waals surface area contributed by atoms with Gasteiger partial charge in [-0.2, -0.15) is 4.40 Å². The van der Waals surface area contributed by atoms with Crippen LogP contribution in [0.5, 0.6) is 5.75 Å². The first kappa shape index (κ1) is 18.4. The second kappa shape index (κ2) is 7.97. The highest BCUT2D eigenvalue weighted by molar-refractivity contribution is 7.85. The SMILES string of the molecule is NC1=NS(=O)Nc2cccc(OCC3CCCN(C(=O)c4ccccn4)C3)c21. The van der Waals surface area contributed by atoms with Gasteiger partial charge in [0.2, 0.25) is 11.2 Å². The molecular weight excluding hydrogens is 378 g/mol. The molecule has 0 saturated carbocycles. The molecule has 1 saturated heterocycles. The standard InChI is InChI=1S/C19H21N5O3S/c20-18-17-14(22-28(26)23-18)7-3-8-16(17)27-12-13-5-4-10-24(11-13)19(25)15-6-1-2-9-21-15/h1-3,6-9,13,22H,4-5,10-12H2,(H2,20,23). The molecule has 0 spiro atoms. The summed E-state index contributed by atoms with van der Waals surface area (Å²) >= 11 is -1.57.